The van der Waals surface area contributed by atoms with Crippen LogP contribution in [0.4, 0.5) is 0 Å². The van der Waals surface area contributed by atoms with Crippen molar-refractivity contribution in [2.24, 2.45) is 0 Å². The van der Waals surface area contributed by atoms with E-state index in [2.05, 4.69) is 32.0 Å². The molecule has 0 amide bonds. The van der Waals surface area contributed by atoms with Gasteiger partial charge >= 0.3 is 0 Å². The van der Waals surface area contributed by atoms with Crippen LogP contribution in [-0.4, -0.2) is 5.60 Å². The molecular formula is C11H12O. The molecule has 0 radical (unpaired) electrons. The van der Waals surface area contributed by atoms with Gasteiger partial charge in [-0.2, -0.15) is 0 Å². The van der Waals surface area contributed by atoms with E-state index >= 15 is 0 Å². The fraction of sp³-hybridized carbons (Fsp3) is 0.455. The summed E-state index contributed by atoms with van der Waals surface area (Å²) in [6.45, 7) is 4.36. The van der Waals surface area contributed by atoms with Gasteiger partial charge in [0.1, 0.15) is 11.4 Å². The monoisotopic (exact) mass is 160 g/mol. The van der Waals surface area contributed by atoms with Crippen LogP contribution < -0.4 is 4.74 Å². The molecule has 1 unspecified atom stereocenters. The quantitative estimate of drug-likeness (QED) is 0.566. The summed E-state index contributed by atoms with van der Waals surface area (Å²) < 4.78 is 5.89. The molecule has 12 heavy (non-hydrogen) atoms. The largest absolute Gasteiger partial charge is 0.487 e. The van der Waals surface area contributed by atoms with E-state index < -0.39 is 0 Å². The number of ether oxygens (including phenoxy) is 1. The number of hydrogen-bond acceptors (Lipinski definition) is 1. The SMILES string of the molecule is CC1(C)Oc2ccc3cc2CC31. The predicted molar refractivity (Wildman–Crippen MR) is 47.6 cm³/mol. The van der Waals surface area contributed by atoms with Gasteiger partial charge in [0.05, 0.1) is 0 Å². The minimum absolute atomic E-state index is 0.00463. The van der Waals surface area contributed by atoms with Crippen LogP contribution in [0.1, 0.15) is 30.9 Å². The average molecular weight is 160 g/mol. The molecule has 1 heteroatoms. The first-order chi connectivity index (χ1) is 5.67. The number of rotatable bonds is 0. The molecule has 1 atom stereocenters. The Morgan fingerprint density at radius 3 is 3.08 bits per heavy atom. The zero-order chi connectivity index (χ0) is 8.34. The van der Waals surface area contributed by atoms with Gasteiger partial charge in [-0.3, -0.25) is 0 Å². The summed E-state index contributed by atoms with van der Waals surface area (Å²) in [5, 5.41) is 0. The second-order valence-corrected chi connectivity index (χ2v) is 4.33. The van der Waals surface area contributed by atoms with Gasteiger partial charge in [0.15, 0.2) is 0 Å². The highest BCUT2D eigenvalue weighted by Gasteiger charge is 2.41. The molecule has 1 aromatic carbocycles. The molecule has 0 aromatic heterocycles. The van der Waals surface area contributed by atoms with Crippen LogP contribution in [0.3, 0.4) is 0 Å². The third kappa shape index (κ3) is 0.603. The van der Waals surface area contributed by atoms with Crippen molar-refractivity contribution < 1.29 is 4.74 Å². The van der Waals surface area contributed by atoms with Gasteiger partial charge in [0.25, 0.3) is 0 Å². The lowest BCUT2D eigenvalue weighted by atomic mass is 9.85. The lowest BCUT2D eigenvalue weighted by molar-refractivity contribution is 0.0683. The van der Waals surface area contributed by atoms with Gasteiger partial charge in [-0.25, -0.2) is 0 Å². The number of fused-ring (bicyclic) bond motifs is 3. The summed E-state index contributed by atoms with van der Waals surface area (Å²) in [4.78, 5) is 0. The van der Waals surface area contributed by atoms with E-state index in [1.165, 1.54) is 17.5 Å². The molecule has 1 aliphatic carbocycles. The summed E-state index contributed by atoms with van der Waals surface area (Å²) in [5.41, 5.74) is 2.86. The first-order valence-electron chi connectivity index (χ1n) is 4.49. The average Bonchev–Trinajstić information content (AvgIpc) is 2.26. The fourth-order valence-electron chi connectivity index (χ4n) is 2.41. The predicted octanol–water partition coefficient (Wildman–Crippen LogP) is 2.50. The smallest absolute Gasteiger partial charge is 0.123 e. The molecule has 3 rings (SSSR count). The van der Waals surface area contributed by atoms with Crippen LogP contribution in [0.2, 0.25) is 0 Å². The highest BCUT2D eigenvalue weighted by molar-refractivity contribution is 5.49. The van der Waals surface area contributed by atoms with Gasteiger partial charge in [0.2, 0.25) is 0 Å². The summed E-state index contributed by atoms with van der Waals surface area (Å²) in [6, 6.07) is 6.60. The van der Waals surface area contributed by atoms with Crippen molar-refractivity contribution in [3.8, 4) is 5.75 Å². The summed E-state index contributed by atoms with van der Waals surface area (Å²) in [5.74, 6) is 1.69. The molecule has 0 N–H and O–H groups in total. The van der Waals surface area contributed by atoms with Gasteiger partial charge in [-0.05, 0) is 37.5 Å². The topological polar surface area (TPSA) is 9.23 Å². The van der Waals surface area contributed by atoms with E-state index in [0.717, 1.165) is 5.75 Å². The van der Waals surface area contributed by atoms with Gasteiger partial charge in [-0.15, -0.1) is 0 Å². The van der Waals surface area contributed by atoms with Crippen molar-refractivity contribution in [1.82, 2.24) is 0 Å². The van der Waals surface area contributed by atoms with Gasteiger partial charge < -0.3 is 4.74 Å². The van der Waals surface area contributed by atoms with Gasteiger partial charge in [-0.1, -0.05) is 12.1 Å². The van der Waals surface area contributed by atoms with Crippen LogP contribution in [0.5, 0.6) is 5.75 Å². The van der Waals surface area contributed by atoms with E-state index in [0.29, 0.717) is 5.92 Å². The third-order valence-electron chi connectivity index (χ3n) is 3.12. The van der Waals surface area contributed by atoms with E-state index in [1.54, 1.807) is 0 Å². The maximum Gasteiger partial charge on any atom is 0.123 e. The standard InChI is InChI=1S/C11H12O/c1-11(2)9-6-8-5-7(9)3-4-10(8)12-11/h3-5,9H,6H2,1-2H3. The Balaban J connectivity index is 2.29. The lowest BCUT2D eigenvalue weighted by Crippen LogP contribution is -2.37. The van der Waals surface area contributed by atoms with Crippen LogP contribution in [0.15, 0.2) is 18.2 Å². The first kappa shape index (κ1) is 6.53. The molecule has 0 spiro atoms. The molecule has 2 aliphatic rings. The molecule has 1 nitrogen and oxygen atoms in total. The summed E-state index contributed by atoms with van der Waals surface area (Å²) in [6.07, 6.45) is 1.19. The zero-order valence-electron chi connectivity index (χ0n) is 7.42. The van der Waals surface area contributed by atoms with Crippen LogP contribution in [0, 0.1) is 0 Å². The van der Waals surface area contributed by atoms with Crippen LogP contribution in [-0.2, 0) is 6.42 Å². The van der Waals surface area contributed by atoms with E-state index in [9.17, 15) is 0 Å². The Bertz CT molecular complexity index is 352. The van der Waals surface area contributed by atoms with E-state index in [-0.39, 0.29) is 5.60 Å². The van der Waals surface area contributed by atoms with E-state index in [4.69, 9.17) is 4.74 Å². The molecule has 3 bridgehead atoms. The highest BCUT2D eigenvalue weighted by atomic mass is 16.5. The Morgan fingerprint density at radius 2 is 2.25 bits per heavy atom. The van der Waals surface area contributed by atoms with Crippen molar-refractivity contribution >= 4 is 0 Å². The first-order valence-corrected chi connectivity index (χ1v) is 4.49. The number of hydrogen-bond donors (Lipinski definition) is 0. The molecule has 1 heterocycles. The van der Waals surface area contributed by atoms with Crippen molar-refractivity contribution in [2.75, 3.05) is 0 Å². The van der Waals surface area contributed by atoms with E-state index in [1.807, 2.05) is 0 Å². The molecule has 0 saturated carbocycles. The maximum absolute atomic E-state index is 5.89. The molecule has 0 fully saturated rings. The third-order valence-corrected chi connectivity index (χ3v) is 3.12. The minimum atomic E-state index is 0.00463. The molecule has 0 saturated heterocycles. The fourth-order valence-corrected chi connectivity index (χ4v) is 2.41. The highest BCUT2D eigenvalue weighted by Crippen LogP contribution is 2.48. The van der Waals surface area contributed by atoms with Crippen molar-refractivity contribution in [3.05, 3.63) is 29.3 Å². The Morgan fingerprint density at radius 1 is 1.42 bits per heavy atom. The normalized spacial score (nSPS) is 27.3. The second-order valence-electron chi connectivity index (χ2n) is 4.33. The maximum atomic E-state index is 5.89. The Kier molecular flexibility index (Phi) is 0.914. The molecular weight excluding hydrogens is 148 g/mol. The lowest BCUT2D eigenvalue weighted by Gasteiger charge is -2.35. The Hall–Kier alpha value is -0.980. The second kappa shape index (κ2) is 1.68. The van der Waals surface area contributed by atoms with Crippen molar-refractivity contribution in [2.45, 2.75) is 31.8 Å². The van der Waals surface area contributed by atoms with Gasteiger partial charge in [0, 0.05) is 5.92 Å². The van der Waals surface area contributed by atoms with Crippen LogP contribution >= 0.6 is 0 Å². The molecule has 62 valence electrons. The minimum Gasteiger partial charge on any atom is -0.487 e. The molecule has 1 aromatic rings. The van der Waals surface area contributed by atoms with Crippen molar-refractivity contribution in [1.29, 1.82) is 0 Å². The number of benzene rings is 1. The zero-order valence-corrected chi connectivity index (χ0v) is 7.42. The molecule has 1 aliphatic heterocycles. The van der Waals surface area contributed by atoms with Crippen LogP contribution in [0.25, 0.3) is 0 Å². The van der Waals surface area contributed by atoms with Crippen molar-refractivity contribution in [3.63, 3.8) is 0 Å². The summed E-state index contributed by atoms with van der Waals surface area (Å²) >= 11 is 0. The summed E-state index contributed by atoms with van der Waals surface area (Å²) in [7, 11) is 0. The Labute approximate surface area is 72.4 Å².